The van der Waals surface area contributed by atoms with Crippen molar-refractivity contribution in [1.82, 2.24) is 9.78 Å². The summed E-state index contributed by atoms with van der Waals surface area (Å²) in [6, 6.07) is 1.64. The summed E-state index contributed by atoms with van der Waals surface area (Å²) >= 11 is 0. The Morgan fingerprint density at radius 1 is 1.83 bits per heavy atom. The summed E-state index contributed by atoms with van der Waals surface area (Å²) in [6.07, 6.45) is 5.34. The average Bonchev–Trinajstić information content (AvgIpc) is 1.86. The van der Waals surface area contributed by atoms with Crippen LogP contribution in [0.4, 0.5) is 0 Å². The highest BCUT2D eigenvalue weighted by Crippen LogP contribution is 1.70. The highest BCUT2D eigenvalue weighted by Gasteiger charge is 1.72. The third-order valence-corrected chi connectivity index (χ3v) is 0.524. The van der Waals surface area contributed by atoms with Crippen LogP contribution < -0.4 is 0 Å². The molecule has 0 saturated carbocycles. The highest BCUT2D eigenvalue weighted by molar-refractivity contribution is 4.70. The molecule has 0 atom stereocenters. The maximum atomic E-state index is 3.65. The van der Waals surface area contributed by atoms with E-state index < -0.39 is 0 Å². The lowest BCUT2D eigenvalue weighted by molar-refractivity contribution is 0.759. The van der Waals surface area contributed by atoms with Crippen LogP contribution in [0.3, 0.4) is 0 Å². The van der Waals surface area contributed by atoms with Gasteiger partial charge in [-0.1, -0.05) is 0 Å². The number of hydrogen-bond donors (Lipinski definition) is 0. The molecule has 2 heteroatoms. The summed E-state index contributed by atoms with van der Waals surface area (Å²) in [7, 11) is 1.80. The first-order valence-corrected chi connectivity index (χ1v) is 1.67. The first-order chi connectivity index (χ1) is 2.89. The van der Waals surface area contributed by atoms with E-state index in [-0.39, 0.29) is 0 Å². The van der Waals surface area contributed by atoms with Crippen molar-refractivity contribution < 1.29 is 0 Å². The zero-order chi connectivity index (χ0) is 4.41. The van der Waals surface area contributed by atoms with Gasteiger partial charge >= 0.3 is 0 Å². The summed E-state index contributed by atoms with van der Waals surface area (Å²) in [6.45, 7) is 0. The topological polar surface area (TPSA) is 17.8 Å². The normalized spacial score (nSPS) is 8.83. The van der Waals surface area contributed by atoms with E-state index in [4.69, 9.17) is 0 Å². The van der Waals surface area contributed by atoms with Gasteiger partial charge in [-0.25, -0.2) is 0 Å². The second kappa shape index (κ2) is 1.12. The Kier molecular flexibility index (Phi) is 0.638. The lowest BCUT2D eigenvalue weighted by Crippen LogP contribution is -1.84. The smallest absolute Gasteiger partial charge is 0.113 e. The zero-order valence-corrected chi connectivity index (χ0v) is 3.47. The van der Waals surface area contributed by atoms with E-state index in [1.165, 1.54) is 0 Å². The third kappa shape index (κ3) is 0.407. The summed E-state index contributed by atoms with van der Waals surface area (Å²) in [5.74, 6) is 0. The largest absolute Gasteiger partial charge is 0.266 e. The van der Waals surface area contributed by atoms with Gasteiger partial charge in [-0.3, -0.25) is 4.68 Å². The zero-order valence-electron chi connectivity index (χ0n) is 3.47. The molecule has 0 amide bonds. The van der Waals surface area contributed by atoms with Gasteiger partial charge in [-0.05, 0) is 6.07 Å². The summed E-state index contributed by atoms with van der Waals surface area (Å²) < 4.78 is 1.57. The Labute approximate surface area is 36.4 Å². The summed E-state index contributed by atoms with van der Waals surface area (Å²) in [5.41, 5.74) is 0. The van der Waals surface area contributed by atoms with E-state index in [2.05, 4.69) is 17.5 Å². The van der Waals surface area contributed by atoms with E-state index in [1.54, 1.807) is 17.8 Å². The molecule has 1 aromatic rings. The fraction of sp³-hybridized carbons (Fsp3) is 0.250. The summed E-state index contributed by atoms with van der Waals surface area (Å²) in [4.78, 5) is 0. The number of aromatic nitrogens is 2. The van der Waals surface area contributed by atoms with Gasteiger partial charge in [0.05, 0.1) is 6.20 Å². The van der Waals surface area contributed by atoms with Crippen LogP contribution in [-0.4, -0.2) is 9.78 Å². The minimum Gasteiger partial charge on any atom is -0.266 e. The molecule has 0 bridgehead atoms. The Morgan fingerprint density at radius 3 is 2.83 bits per heavy atom. The van der Waals surface area contributed by atoms with E-state index in [1.807, 2.05) is 0 Å². The maximum Gasteiger partial charge on any atom is 0.113 e. The number of rotatable bonds is 0. The lowest BCUT2D eigenvalue weighted by atomic mass is 10.8. The van der Waals surface area contributed by atoms with Crippen molar-refractivity contribution in [3.05, 3.63) is 18.5 Å². The molecule has 0 unspecified atom stereocenters. The third-order valence-electron chi connectivity index (χ3n) is 0.524. The van der Waals surface area contributed by atoms with Crippen LogP contribution in [0.2, 0.25) is 0 Å². The SMILES string of the molecule is Cn1[c]c[c]n1. The second-order valence-corrected chi connectivity index (χ2v) is 1.03. The predicted molar refractivity (Wildman–Crippen MR) is 20.9 cm³/mol. The van der Waals surface area contributed by atoms with Crippen molar-refractivity contribution in [2.24, 2.45) is 7.05 Å². The molecule has 0 aromatic carbocycles. The van der Waals surface area contributed by atoms with Crippen LogP contribution >= 0.6 is 0 Å². The quantitative estimate of drug-likeness (QED) is 0.429. The fourth-order valence-corrected chi connectivity index (χ4v) is 0.267. The van der Waals surface area contributed by atoms with Crippen LogP contribution in [0.25, 0.3) is 0 Å². The van der Waals surface area contributed by atoms with Crippen molar-refractivity contribution >= 4 is 0 Å². The fourth-order valence-electron chi connectivity index (χ4n) is 0.267. The molecule has 0 aliphatic rings. The molecule has 0 N–H and O–H groups in total. The van der Waals surface area contributed by atoms with Crippen molar-refractivity contribution in [3.63, 3.8) is 0 Å². The summed E-state index contributed by atoms with van der Waals surface area (Å²) in [5, 5.41) is 3.65. The van der Waals surface area contributed by atoms with Gasteiger partial charge in [0.15, 0.2) is 0 Å². The number of aryl methyl sites for hydroxylation is 1. The molecule has 30 valence electrons. The van der Waals surface area contributed by atoms with E-state index in [9.17, 15) is 0 Å². The Hall–Kier alpha value is -0.790. The molecule has 0 aliphatic carbocycles. The highest BCUT2D eigenvalue weighted by atomic mass is 15.2. The first kappa shape index (κ1) is 3.40. The van der Waals surface area contributed by atoms with Crippen molar-refractivity contribution in [2.75, 3.05) is 0 Å². The van der Waals surface area contributed by atoms with Crippen molar-refractivity contribution in [2.45, 2.75) is 0 Å². The molecule has 6 heavy (non-hydrogen) atoms. The van der Waals surface area contributed by atoms with Crippen molar-refractivity contribution in [1.29, 1.82) is 0 Å². The van der Waals surface area contributed by atoms with Gasteiger partial charge in [-0.2, -0.15) is 5.10 Å². The minimum absolute atomic E-state index is 1.57. The van der Waals surface area contributed by atoms with Crippen LogP contribution in [0.5, 0.6) is 0 Å². The average molecular weight is 80.1 g/mol. The van der Waals surface area contributed by atoms with E-state index >= 15 is 0 Å². The van der Waals surface area contributed by atoms with Crippen LogP contribution in [0.1, 0.15) is 0 Å². The molecular weight excluding hydrogens is 76.1 g/mol. The van der Waals surface area contributed by atoms with Gasteiger partial charge in [0.25, 0.3) is 0 Å². The Balaban J connectivity index is 3.05. The molecule has 0 fully saturated rings. The first-order valence-electron chi connectivity index (χ1n) is 1.67. The van der Waals surface area contributed by atoms with Crippen LogP contribution in [-0.2, 0) is 7.05 Å². The molecule has 1 aromatic heterocycles. The molecule has 0 spiro atoms. The Bertz CT molecular complexity index is 109. The molecule has 2 radical (unpaired) electrons. The number of hydrogen-bond acceptors (Lipinski definition) is 1. The molecular formula is C4H4N2. The standard InChI is InChI=1S/C4H4N2/c1-6-4-2-3-5-6/h2H,1H3. The van der Waals surface area contributed by atoms with Gasteiger partial charge in [0, 0.05) is 7.05 Å². The van der Waals surface area contributed by atoms with Crippen LogP contribution in [0.15, 0.2) is 6.07 Å². The molecule has 0 aliphatic heterocycles. The van der Waals surface area contributed by atoms with Gasteiger partial charge < -0.3 is 0 Å². The van der Waals surface area contributed by atoms with Gasteiger partial charge in [0.2, 0.25) is 0 Å². The monoisotopic (exact) mass is 80.0 g/mol. The van der Waals surface area contributed by atoms with Crippen molar-refractivity contribution in [3.8, 4) is 0 Å². The maximum absolute atomic E-state index is 3.65. The molecule has 1 rings (SSSR count). The predicted octanol–water partition coefficient (Wildman–Crippen LogP) is 0.0205. The van der Waals surface area contributed by atoms with Gasteiger partial charge in [-0.15, -0.1) is 0 Å². The Morgan fingerprint density at radius 2 is 2.67 bits per heavy atom. The molecule has 0 saturated heterocycles. The van der Waals surface area contributed by atoms with E-state index in [0.29, 0.717) is 0 Å². The lowest BCUT2D eigenvalue weighted by Gasteiger charge is -1.75. The van der Waals surface area contributed by atoms with E-state index in [0.717, 1.165) is 0 Å². The second-order valence-electron chi connectivity index (χ2n) is 1.03. The molecule has 1 heterocycles. The molecule has 2 nitrogen and oxygen atoms in total. The minimum atomic E-state index is 1.57. The van der Waals surface area contributed by atoms with Crippen LogP contribution in [0, 0.1) is 12.4 Å². The number of nitrogens with zero attached hydrogens (tertiary/aromatic N) is 2. The van der Waals surface area contributed by atoms with Gasteiger partial charge in [0.1, 0.15) is 6.20 Å².